The number of carbonyl (C=O) groups is 1. The number of likely N-dealkylation sites (tertiary alicyclic amines) is 1. The fraction of sp³-hybridized carbons (Fsp3) is 0.706. The van der Waals surface area contributed by atoms with Crippen LogP contribution < -0.4 is 0 Å². The monoisotopic (exact) mass is 386 g/mol. The highest BCUT2D eigenvalue weighted by Gasteiger charge is 2.36. The molecule has 1 atom stereocenters. The van der Waals surface area contributed by atoms with E-state index in [1.165, 1.54) is 0 Å². The number of piperidine rings is 1. The normalized spacial score (nSPS) is 24.4. The van der Waals surface area contributed by atoms with Crippen LogP contribution in [0.1, 0.15) is 24.1 Å². The SMILES string of the molecule is O=C(C1CCN(C2CCS(=O)(=O)C2)CC1)N(CCO)Cc1cccs1. The highest BCUT2D eigenvalue weighted by atomic mass is 32.2. The Balaban J connectivity index is 1.54. The maximum Gasteiger partial charge on any atom is 0.226 e. The van der Waals surface area contributed by atoms with Crippen LogP contribution in [0.5, 0.6) is 0 Å². The quantitative estimate of drug-likeness (QED) is 0.788. The van der Waals surface area contributed by atoms with Crippen molar-refractivity contribution in [2.75, 3.05) is 37.7 Å². The van der Waals surface area contributed by atoms with Gasteiger partial charge in [0.1, 0.15) is 0 Å². The van der Waals surface area contributed by atoms with Crippen molar-refractivity contribution in [1.82, 2.24) is 9.80 Å². The van der Waals surface area contributed by atoms with Gasteiger partial charge in [0.05, 0.1) is 24.7 Å². The highest BCUT2D eigenvalue weighted by Crippen LogP contribution is 2.26. The van der Waals surface area contributed by atoms with Crippen molar-refractivity contribution in [3.8, 4) is 0 Å². The molecule has 3 heterocycles. The van der Waals surface area contributed by atoms with Crippen molar-refractivity contribution in [3.05, 3.63) is 22.4 Å². The number of rotatable bonds is 6. The summed E-state index contributed by atoms with van der Waals surface area (Å²) in [7, 11) is -2.87. The van der Waals surface area contributed by atoms with Gasteiger partial charge >= 0.3 is 0 Å². The predicted molar refractivity (Wildman–Crippen MR) is 98.2 cm³/mol. The van der Waals surface area contributed by atoms with Crippen molar-refractivity contribution in [2.24, 2.45) is 5.92 Å². The Bertz CT molecular complexity index is 667. The van der Waals surface area contributed by atoms with Crippen molar-refractivity contribution < 1.29 is 18.3 Å². The van der Waals surface area contributed by atoms with Gasteiger partial charge in [-0.3, -0.25) is 9.69 Å². The lowest BCUT2D eigenvalue weighted by atomic mass is 9.94. The van der Waals surface area contributed by atoms with Crippen molar-refractivity contribution in [3.63, 3.8) is 0 Å². The zero-order valence-corrected chi connectivity index (χ0v) is 16.0. The summed E-state index contributed by atoms with van der Waals surface area (Å²) in [5, 5.41) is 11.3. The van der Waals surface area contributed by atoms with Crippen LogP contribution in [0.4, 0.5) is 0 Å². The van der Waals surface area contributed by atoms with Crippen LogP contribution in [-0.2, 0) is 21.2 Å². The maximum atomic E-state index is 12.9. The van der Waals surface area contributed by atoms with Crippen LogP contribution in [0, 0.1) is 5.92 Å². The molecule has 140 valence electrons. The van der Waals surface area contributed by atoms with Gasteiger partial charge in [-0.05, 0) is 43.8 Å². The number of amides is 1. The van der Waals surface area contributed by atoms with Gasteiger partial charge in [-0.2, -0.15) is 0 Å². The molecule has 0 saturated carbocycles. The average Bonchev–Trinajstić information content (AvgIpc) is 3.23. The second-order valence-electron chi connectivity index (χ2n) is 6.93. The molecule has 1 unspecified atom stereocenters. The summed E-state index contributed by atoms with van der Waals surface area (Å²) in [5.74, 6) is 0.643. The first-order chi connectivity index (χ1) is 12.0. The Morgan fingerprint density at radius 2 is 2.08 bits per heavy atom. The maximum absolute atomic E-state index is 12.9. The standard InChI is InChI=1S/C17H26N2O4S2/c20-9-8-19(12-16-2-1-10-24-16)17(21)14-3-6-18(7-4-14)15-5-11-25(22,23)13-15/h1-2,10,14-15,20H,3-9,11-13H2. The number of sulfone groups is 1. The third-order valence-electron chi connectivity index (χ3n) is 5.21. The van der Waals surface area contributed by atoms with Crippen LogP contribution in [0.25, 0.3) is 0 Å². The molecule has 1 N–H and O–H groups in total. The number of aliphatic hydroxyl groups excluding tert-OH is 1. The number of carbonyl (C=O) groups excluding carboxylic acids is 1. The van der Waals surface area contributed by atoms with E-state index in [0.29, 0.717) is 18.8 Å². The lowest BCUT2D eigenvalue weighted by molar-refractivity contribution is -0.138. The molecule has 0 aromatic carbocycles. The van der Waals surface area contributed by atoms with E-state index in [1.807, 2.05) is 17.5 Å². The molecule has 8 heteroatoms. The number of aliphatic hydroxyl groups is 1. The molecule has 0 bridgehead atoms. The van der Waals surface area contributed by atoms with Gasteiger partial charge in [0, 0.05) is 23.4 Å². The molecule has 25 heavy (non-hydrogen) atoms. The fourth-order valence-corrected chi connectivity index (χ4v) is 6.29. The number of thiophene rings is 1. The van der Waals surface area contributed by atoms with Gasteiger partial charge in [-0.15, -0.1) is 11.3 Å². The Morgan fingerprint density at radius 3 is 2.64 bits per heavy atom. The molecule has 2 aliphatic heterocycles. The van der Waals surface area contributed by atoms with Crippen LogP contribution in [0.2, 0.25) is 0 Å². The molecular weight excluding hydrogens is 360 g/mol. The largest absolute Gasteiger partial charge is 0.395 e. The second-order valence-corrected chi connectivity index (χ2v) is 10.2. The Morgan fingerprint density at radius 1 is 1.32 bits per heavy atom. The number of hydrogen-bond acceptors (Lipinski definition) is 6. The Labute approximate surface area is 153 Å². The first kappa shape index (κ1) is 18.8. The van der Waals surface area contributed by atoms with E-state index in [1.54, 1.807) is 16.2 Å². The molecule has 2 aliphatic rings. The minimum atomic E-state index is -2.87. The zero-order chi connectivity index (χ0) is 17.9. The van der Waals surface area contributed by atoms with Gasteiger partial charge < -0.3 is 10.0 Å². The summed E-state index contributed by atoms with van der Waals surface area (Å²) < 4.78 is 23.3. The number of nitrogens with zero attached hydrogens (tertiary/aromatic N) is 2. The van der Waals surface area contributed by atoms with E-state index in [2.05, 4.69) is 4.90 Å². The third-order valence-corrected chi connectivity index (χ3v) is 7.82. The second kappa shape index (κ2) is 8.16. The molecule has 2 fully saturated rings. The van der Waals surface area contributed by atoms with Gasteiger partial charge in [0.25, 0.3) is 0 Å². The van der Waals surface area contributed by atoms with Gasteiger partial charge in [-0.25, -0.2) is 8.42 Å². The van der Waals surface area contributed by atoms with E-state index < -0.39 is 9.84 Å². The predicted octanol–water partition coefficient (Wildman–Crippen LogP) is 0.968. The number of hydrogen-bond donors (Lipinski definition) is 1. The summed E-state index contributed by atoms with van der Waals surface area (Å²) in [6.45, 7) is 2.44. The summed E-state index contributed by atoms with van der Waals surface area (Å²) in [4.78, 5) is 18.0. The lowest BCUT2D eigenvalue weighted by Crippen LogP contribution is -2.46. The van der Waals surface area contributed by atoms with Crippen molar-refractivity contribution in [1.29, 1.82) is 0 Å². The summed E-state index contributed by atoms with van der Waals surface area (Å²) in [6, 6.07) is 4.10. The van der Waals surface area contributed by atoms with E-state index in [0.717, 1.165) is 37.2 Å². The van der Waals surface area contributed by atoms with Gasteiger partial charge in [0.2, 0.25) is 5.91 Å². The van der Waals surface area contributed by atoms with Crippen LogP contribution >= 0.6 is 11.3 Å². The van der Waals surface area contributed by atoms with Crippen LogP contribution in [0.15, 0.2) is 17.5 Å². The summed E-state index contributed by atoms with van der Waals surface area (Å²) in [6.07, 6.45) is 2.25. The average molecular weight is 387 g/mol. The van der Waals surface area contributed by atoms with E-state index in [9.17, 15) is 18.3 Å². The van der Waals surface area contributed by atoms with Gasteiger partial charge in [-0.1, -0.05) is 6.07 Å². The minimum absolute atomic E-state index is 0.0271. The molecule has 0 aliphatic carbocycles. The topological polar surface area (TPSA) is 77.9 Å². The minimum Gasteiger partial charge on any atom is -0.395 e. The molecule has 6 nitrogen and oxygen atoms in total. The molecule has 0 radical (unpaired) electrons. The highest BCUT2D eigenvalue weighted by molar-refractivity contribution is 7.91. The summed E-state index contributed by atoms with van der Waals surface area (Å²) in [5.41, 5.74) is 0. The Hall–Kier alpha value is -0.960. The fourth-order valence-electron chi connectivity index (χ4n) is 3.81. The van der Waals surface area contributed by atoms with Crippen LogP contribution in [-0.4, -0.2) is 73.0 Å². The van der Waals surface area contributed by atoms with E-state index >= 15 is 0 Å². The first-order valence-electron chi connectivity index (χ1n) is 8.85. The first-order valence-corrected chi connectivity index (χ1v) is 11.5. The Kier molecular flexibility index (Phi) is 6.14. The zero-order valence-electron chi connectivity index (χ0n) is 14.3. The van der Waals surface area contributed by atoms with Gasteiger partial charge in [0.15, 0.2) is 9.84 Å². The summed E-state index contributed by atoms with van der Waals surface area (Å²) >= 11 is 1.62. The molecule has 0 spiro atoms. The third kappa shape index (κ3) is 4.81. The molecule has 1 aromatic rings. The molecule has 2 saturated heterocycles. The molecule has 3 rings (SSSR count). The lowest BCUT2D eigenvalue weighted by Gasteiger charge is -2.36. The van der Waals surface area contributed by atoms with Crippen molar-refractivity contribution in [2.45, 2.75) is 31.8 Å². The van der Waals surface area contributed by atoms with Crippen LogP contribution in [0.3, 0.4) is 0 Å². The molecule has 1 aromatic heterocycles. The van der Waals surface area contributed by atoms with E-state index in [4.69, 9.17) is 0 Å². The smallest absolute Gasteiger partial charge is 0.226 e. The molecule has 1 amide bonds. The van der Waals surface area contributed by atoms with E-state index in [-0.39, 0.29) is 30.2 Å². The van der Waals surface area contributed by atoms with Crippen molar-refractivity contribution >= 4 is 27.1 Å². The molecular formula is C17H26N2O4S2.